The highest BCUT2D eigenvalue weighted by Crippen LogP contribution is 2.18. The molecule has 130 valence electrons. The molecule has 0 spiro atoms. The topological polar surface area (TPSA) is 58.4 Å². The molecule has 0 aliphatic carbocycles. The number of rotatable bonds is 5. The van der Waals surface area contributed by atoms with Gasteiger partial charge in [0.25, 0.3) is 5.91 Å². The lowest BCUT2D eigenvalue weighted by Crippen LogP contribution is -2.31. The maximum absolute atomic E-state index is 13.0. The van der Waals surface area contributed by atoms with Crippen LogP contribution in [-0.2, 0) is 6.54 Å². The first-order chi connectivity index (χ1) is 11.9. The zero-order chi connectivity index (χ0) is 18.0. The molecule has 0 aliphatic rings. The summed E-state index contributed by atoms with van der Waals surface area (Å²) in [4.78, 5) is 16.4. The smallest absolute Gasteiger partial charge is 0.295 e. The average molecular weight is 341 g/mol. The van der Waals surface area contributed by atoms with E-state index in [1.165, 1.54) is 12.1 Å². The molecule has 0 saturated carbocycles. The van der Waals surface area contributed by atoms with Crippen LogP contribution in [-0.4, -0.2) is 32.3 Å². The Bertz CT molecular complexity index is 887. The second-order valence-electron chi connectivity index (χ2n) is 6.48. The maximum Gasteiger partial charge on any atom is 0.295 e. The number of benzene rings is 1. The van der Waals surface area contributed by atoms with E-state index in [0.29, 0.717) is 11.6 Å². The Kier molecular flexibility index (Phi) is 4.81. The van der Waals surface area contributed by atoms with Gasteiger partial charge >= 0.3 is 0 Å². The van der Waals surface area contributed by atoms with Crippen molar-refractivity contribution in [1.82, 2.24) is 14.6 Å². The predicted octanol–water partition coefficient (Wildman–Crippen LogP) is 3.71. The summed E-state index contributed by atoms with van der Waals surface area (Å²) >= 11 is 0. The standard InChI is InChI=1S/C19H20FN3O2/c1-13(2)11-23(25)19(24)17-9-15-7-8-22(18(15)10-21-17)12-14-3-5-16(20)6-4-14/h3-10,13,25H,11-12H2,1-2H3. The lowest BCUT2D eigenvalue weighted by molar-refractivity contribution is -0.0651. The van der Waals surface area contributed by atoms with Gasteiger partial charge in [-0.3, -0.25) is 10.0 Å². The number of hydroxylamine groups is 2. The van der Waals surface area contributed by atoms with Gasteiger partial charge in [-0.1, -0.05) is 26.0 Å². The van der Waals surface area contributed by atoms with Gasteiger partial charge in [0.2, 0.25) is 0 Å². The van der Waals surface area contributed by atoms with Crippen molar-refractivity contribution >= 4 is 16.8 Å². The number of carbonyl (C=O) groups excluding carboxylic acids is 1. The van der Waals surface area contributed by atoms with Crippen LogP contribution in [0.1, 0.15) is 29.9 Å². The van der Waals surface area contributed by atoms with Crippen LogP contribution in [0.25, 0.3) is 10.9 Å². The van der Waals surface area contributed by atoms with Crippen molar-refractivity contribution in [1.29, 1.82) is 0 Å². The fourth-order valence-corrected chi connectivity index (χ4v) is 2.69. The van der Waals surface area contributed by atoms with Gasteiger partial charge in [0.15, 0.2) is 0 Å². The van der Waals surface area contributed by atoms with E-state index in [4.69, 9.17) is 0 Å². The van der Waals surface area contributed by atoms with Gasteiger partial charge in [0.05, 0.1) is 18.3 Å². The SMILES string of the molecule is CC(C)CN(O)C(=O)c1cc2ccn(Cc3ccc(F)cc3)c2cn1. The summed E-state index contributed by atoms with van der Waals surface area (Å²) in [5.41, 5.74) is 2.04. The third-order valence-corrected chi connectivity index (χ3v) is 3.92. The molecule has 0 bridgehead atoms. The molecule has 5 nitrogen and oxygen atoms in total. The van der Waals surface area contributed by atoms with E-state index in [0.717, 1.165) is 16.5 Å². The molecular formula is C19H20FN3O2. The van der Waals surface area contributed by atoms with E-state index in [-0.39, 0.29) is 24.0 Å². The molecule has 3 rings (SSSR count). The van der Waals surface area contributed by atoms with Crippen molar-refractivity contribution in [3.05, 3.63) is 65.9 Å². The molecule has 2 aromatic heterocycles. The Balaban J connectivity index is 1.83. The van der Waals surface area contributed by atoms with Gasteiger partial charge in [-0.2, -0.15) is 0 Å². The van der Waals surface area contributed by atoms with Crippen LogP contribution in [0.15, 0.2) is 48.8 Å². The molecule has 25 heavy (non-hydrogen) atoms. The molecule has 0 saturated heterocycles. The van der Waals surface area contributed by atoms with E-state index in [1.54, 1.807) is 24.4 Å². The summed E-state index contributed by atoms with van der Waals surface area (Å²) in [7, 11) is 0. The number of hydrogen-bond acceptors (Lipinski definition) is 3. The van der Waals surface area contributed by atoms with Crippen LogP contribution >= 0.6 is 0 Å². The first-order valence-electron chi connectivity index (χ1n) is 8.14. The normalized spacial score (nSPS) is 11.2. The number of carbonyl (C=O) groups is 1. The van der Waals surface area contributed by atoms with Crippen molar-refractivity contribution in [2.75, 3.05) is 6.54 Å². The number of nitrogens with zero attached hydrogens (tertiary/aromatic N) is 3. The van der Waals surface area contributed by atoms with E-state index >= 15 is 0 Å². The summed E-state index contributed by atoms with van der Waals surface area (Å²) in [6.45, 7) is 4.67. The Morgan fingerprint density at radius 1 is 1.28 bits per heavy atom. The highest BCUT2D eigenvalue weighted by molar-refractivity contribution is 5.95. The van der Waals surface area contributed by atoms with Crippen LogP contribution in [0, 0.1) is 11.7 Å². The Morgan fingerprint density at radius 2 is 2.00 bits per heavy atom. The summed E-state index contributed by atoms with van der Waals surface area (Å²) < 4.78 is 15.0. The number of halogens is 1. The van der Waals surface area contributed by atoms with E-state index in [9.17, 15) is 14.4 Å². The molecule has 1 N–H and O–H groups in total. The van der Waals surface area contributed by atoms with E-state index < -0.39 is 5.91 Å². The molecule has 1 amide bonds. The fourth-order valence-electron chi connectivity index (χ4n) is 2.69. The van der Waals surface area contributed by atoms with Crippen LogP contribution in [0.3, 0.4) is 0 Å². The minimum Gasteiger partial charge on any atom is -0.342 e. The number of hydrogen-bond donors (Lipinski definition) is 1. The van der Waals surface area contributed by atoms with Crippen molar-refractivity contribution in [3.63, 3.8) is 0 Å². The van der Waals surface area contributed by atoms with Crippen LogP contribution < -0.4 is 0 Å². The average Bonchev–Trinajstić information content (AvgIpc) is 2.97. The minimum atomic E-state index is -0.512. The van der Waals surface area contributed by atoms with Crippen LogP contribution in [0.4, 0.5) is 4.39 Å². The molecule has 1 aromatic carbocycles. The lowest BCUT2D eigenvalue weighted by Gasteiger charge is -2.16. The zero-order valence-corrected chi connectivity index (χ0v) is 14.2. The van der Waals surface area contributed by atoms with Crippen LogP contribution in [0.2, 0.25) is 0 Å². The third kappa shape index (κ3) is 3.85. The highest BCUT2D eigenvalue weighted by atomic mass is 19.1. The van der Waals surface area contributed by atoms with Crippen molar-refractivity contribution < 1.29 is 14.4 Å². The molecular weight excluding hydrogens is 321 g/mol. The molecule has 0 fully saturated rings. The molecule has 0 aliphatic heterocycles. The van der Waals surface area contributed by atoms with Crippen molar-refractivity contribution in [3.8, 4) is 0 Å². The Labute approximate surface area is 145 Å². The van der Waals surface area contributed by atoms with Gasteiger partial charge < -0.3 is 4.57 Å². The Morgan fingerprint density at radius 3 is 2.68 bits per heavy atom. The summed E-state index contributed by atoms with van der Waals surface area (Å²) in [6.07, 6.45) is 3.52. The monoisotopic (exact) mass is 341 g/mol. The molecule has 3 aromatic rings. The van der Waals surface area contributed by atoms with Gasteiger partial charge in [-0.15, -0.1) is 0 Å². The molecule has 2 heterocycles. The zero-order valence-electron chi connectivity index (χ0n) is 14.2. The predicted molar refractivity (Wildman–Crippen MR) is 92.9 cm³/mol. The molecule has 0 radical (unpaired) electrons. The highest BCUT2D eigenvalue weighted by Gasteiger charge is 2.17. The number of aromatic nitrogens is 2. The van der Waals surface area contributed by atoms with Crippen molar-refractivity contribution in [2.24, 2.45) is 5.92 Å². The number of fused-ring (bicyclic) bond motifs is 1. The summed E-state index contributed by atoms with van der Waals surface area (Å²) in [5, 5.41) is 11.4. The lowest BCUT2D eigenvalue weighted by atomic mass is 10.2. The number of pyridine rings is 1. The second-order valence-corrected chi connectivity index (χ2v) is 6.48. The van der Waals surface area contributed by atoms with E-state index in [1.807, 2.05) is 30.7 Å². The molecule has 0 atom stereocenters. The largest absolute Gasteiger partial charge is 0.342 e. The molecule has 0 unspecified atom stereocenters. The fraction of sp³-hybridized carbons (Fsp3) is 0.263. The van der Waals surface area contributed by atoms with Gasteiger partial charge in [0, 0.05) is 18.1 Å². The molecule has 6 heteroatoms. The van der Waals surface area contributed by atoms with Crippen LogP contribution in [0.5, 0.6) is 0 Å². The second kappa shape index (κ2) is 7.03. The van der Waals surface area contributed by atoms with Gasteiger partial charge in [0.1, 0.15) is 11.5 Å². The van der Waals surface area contributed by atoms with Crippen molar-refractivity contribution in [2.45, 2.75) is 20.4 Å². The van der Waals surface area contributed by atoms with E-state index in [2.05, 4.69) is 4.98 Å². The first kappa shape index (κ1) is 17.1. The van der Waals surface area contributed by atoms with Gasteiger partial charge in [-0.25, -0.2) is 14.4 Å². The summed E-state index contributed by atoms with van der Waals surface area (Å²) in [5.74, 6) is -0.614. The van der Waals surface area contributed by atoms with Gasteiger partial charge in [-0.05, 0) is 35.7 Å². The third-order valence-electron chi connectivity index (χ3n) is 3.92. The quantitative estimate of drug-likeness (QED) is 0.568. The minimum absolute atomic E-state index is 0.162. The first-order valence-corrected chi connectivity index (χ1v) is 8.14. The number of amides is 1. The Hall–Kier alpha value is -2.73. The maximum atomic E-state index is 13.0. The summed E-state index contributed by atoms with van der Waals surface area (Å²) in [6, 6.07) is 9.90.